The number of benzene rings is 1. The number of hydrogen-bond acceptors (Lipinski definition) is 3. The van der Waals surface area contributed by atoms with Crippen LogP contribution in [0.15, 0.2) is 29.2 Å². The summed E-state index contributed by atoms with van der Waals surface area (Å²) in [5.74, 6) is 0.153. The van der Waals surface area contributed by atoms with E-state index in [4.69, 9.17) is 0 Å². The molecule has 0 radical (unpaired) electrons. The van der Waals surface area contributed by atoms with E-state index in [0.717, 1.165) is 24.2 Å². The van der Waals surface area contributed by atoms with E-state index in [1.807, 2.05) is 31.2 Å². The Hall–Kier alpha value is -0.610. The van der Waals surface area contributed by atoms with E-state index in [1.54, 1.807) is 6.26 Å². The smallest absolute Gasteiger partial charge is 0.161 e. The van der Waals surface area contributed by atoms with Gasteiger partial charge in [-0.05, 0) is 31.9 Å². The van der Waals surface area contributed by atoms with Gasteiger partial charge in [0.1, 0.15) is 0 Å². The van der Waals surface area contributed by atoms with Crippen molar-refractivity contribution >= 4 is 28.3 Å². The van der Waals surface area contributed by atoms with Crippen LogP contribution in [0.3, 0.4) is 0 Å². The average Bonchev–Trinajstić information content (AvgIpc) is 2.35. The van der Waals surface area contributed by atoms with Gasteiger partial charge in [-0.1, -0.05) is 35.9 Å². The van der Waals surface area contributed by atoms with Crippen molar-refractivity contribution in [1.29, 1.82) is 0 Å². The Balaban J connectivity index is 2.28. The maximum absolute atomic E-state index is 12.2. The molecule has 0 amide bonds. The number of rotatable bonds is 3. The minimum absolute atomic E-state index is 0.153. The summed E-state index contributed by atoms with van der Waals surface area (Å²) in [7, 11) is -1.13. The van der Waals surface area contributed by atoms with Crippen molar-refractivity contribution in [3.05, 3.63) is 29.8 Å². The molecule has 0 bridgehead atoms. The molecule has 2 rings (SSSR count). The molecule has 2 nitrogen and oxygen atoms in total. The highest BCUT2D eigenvalue weighted by molar-refractivity contribution is 8.13. The van der Waals surface area contributed by atoms with Gasteiger partial charge >= 0.3 is 0 Å². The first-order chi connectivity index (χ1) is 8.54. The fourth-order valence-electron chi connectivity index (χ4n) is 2.24. The van der Waals surface area contributed by atoms with Gasteiger partial charge in [0.2, 0.25) is 0 Å². The van der Waals surface area contributed by atoms with Crippen molar-refractivity contribution < 1.29 is 9.00 Å². The average molecular weight is 282 g/mol. The number of hydrogen-bond donors (Lipinski definition) is 0. The highest BCUT2D eigenvalue weighted by atomic mass is 32.2. The van der Waals surface area contributed by atoms with Gasteiger partial charge in [-0.25, -0.2) is 0 Å². The predicted octanol–water partition coefficient (Wildman–Crippen LogP) is 3.31. The SMILES string of the molecule is Cc1ccc(SC2(S(C)=O)CCCCC2=O)cc1. The van der Waals surface area contributed by atoms with E-state index in [2.05, 4.69) is 0 Å². The van der Waals surface area contributed by atoms with E-state index < -0.39 is 14.9 Å². The Morgan fingerprint density at radius 2 is 1.89 bits per heavy atom. The highest BCUT2D eigenvalue weighted by Crippen LogP contribution is 2.43. The number of carbonyl (C=O) groups is 1. The maximum Gasteiger partial charge on any atom is 0.161 e. The Kier molecular flexibility index (Phi) is 4.28. The normalized spacial score (nSPS) is 26.0. The van der Waals surface area contributed by atoms with Crippen molar-refractivity contribution in [3.63, 3.8) is 0 Å². The van der Waals surface area contributed by atoms with E-state index in [0.29, 0.717) is 6.42 Å². The lowest BCUT2D eigenvalue weighted by atomic mass is 9.98. The van der Waals surface area contributed by atoms with Gasteiger partial charge in [0.15, 0.2) is 9.86 Å². The molecule has 98 valence electrons. The molecule has 2 atom stereocenters. The zero-order valence-corrected chi connectivity index (χ0v) is 12.4. The van der Waals surface area contributed by atoms with Gasteiger partial charge in [-0.2, -0.15) is 0 Å². The first kappa shape index (κ1) is 13.8. The molecule has 1 saturated carbocycles. The molecule has 1 fully saturated rings. The Morgan fingerprint density at radius 1 is 1.22 bits per heavy atom. The Morgan fingerprint density at radius 3 is 2.44 bits per heavy atom. The largest absolute Gasteiger partial charge is 0.297 e. The lowest BCUT2D eigenvalue weighted by Crippen LogP contribution is -2.41. The minimum Gasteiger partial charge on any atom is -0.297 e. The van der Waals surface area contributed by atoms with E-state index >= 15 is 0 Å². The third-order valence-electron chi connectivity index (χ3n) is 3.35. The van der Waals surface area contributed by atoms with Gasteiger partial charge in [-0.15, -0.1) is 0 Å². The second kappa shape index (κ2) is 5.57. The lowest BCUT2D eigenvalue weighted by molar-refractivity contribution is -0.120. The van der Waals surface area contributed by atoms with Crippen molar-refractivity contribution in [3.8, 4) is 0 Å². The van der Waals surface area contributed by atoms with Crippen LogP contribution in [0.25, 0.3) is 0 Å². The molecule has 1 aromatic carbocycles. The third kappa shape index (κ3) is 2.69. The van der Waals surface area contributed by atoms with Crippen LogP contribution in [0.1, 0.15) is 31.2 Å². The standard InChI is InChI=1S/C14H18O2S2/c1-11-6-8-12(9-7-11)17-14(18(2)16)10-4-3-5-13(14)15/h6-9H,3-5,10H2,1-2H3. The van der Waals surface area contributed by atoms with E-state index in [-0.39, 0.29) is 5.78 Å². The molecule has 0 heterocycles. The van der Waals surface area contributed by atoms with Crippen molar-refractivity contribution in [2.24, 2.45) is 0 Å². The molecule has 2 unspecified atom stereocenters. The molecule has 0 spiro atoms. The second-order valence-electron chi connectivity index (χ2n) is 4.75. The van der Waals surface area contributed by atoms with E-state index in [9.17, 15) is 9.00 Å². The fraction of sp³-hybridized carbons (Fsp3) is 0.500. The first-order valence-corrected chi connectivity index (χ1v) is 8.54. The van der Waals surface area contributed by atoms with Gasteiger partial charge in [0, 0.05) is 28.4 Å². The Labute approximate surface area is 115 Å². The predicted molar refractivity (Wildman–Crippen MR) is 77.3 cm³/mol. The number of carbonyl (C=O) groups excluding carboxylic acids is 1. The molecule has 0 aromatic heterocycles. The summed E-state index contributed by atoms with van der Waals surface area (Å²) in [6.45, 7) is 2.04. The van der Waals surface area contributed by atoms with Gasteiger partial charge in [0.25, 0.3) is 0 Å². The quantitative estimate of drug-likeness (QED) is 0.853. The molecular weight excluding hydrogens is 264 g/mol. The monoisotopic (exact) mass is 282 g/mol. The zero-order chi connectivity index (χ0) is 13.2. The van der Waals surface area contributed by atoms with Crippen molar-refractivity contribution in [2.45, 2.75) is 41.6 Å². The summed E-state index contributed by atoms with van der Waals surface area (Å²) >= 11 is 1.49. The van der Waals surface area contributed by atoms with Crippen LogP contribution in [-0.2, 0) is 15.6 Å². The van der Waals surface area contributed by atoms with Gasteiger partial charge < -0.3 is 0 Å². The summed E-state index contributed by atoms with van der Waals surface area (Å²) in [6, 6.07) is 8.08. The number of ketones is 1. The number of thioether (sulfide) groups is 1. The summed E-state index contributed by atoms with van der Waals surface area (Å²) in [4.78, 5) is 13.2. The molecule has 18 heavy (non-hydrogen) atoms. The Bertz CT molecular complexity index is 467. The van der Waals surface area contributed by atoms with Crippen molar-refractivity contribution in [2.75, 3.05) is 6.26 Å². The minimum atomic E-state index is -1.13. The maximum atomic E-state index is 12.2. The van der Waals surface area contributed by atoms with Crippen LogP contribution >= 0.6 is 11.8 Å². The highest BCUT2D eigenvalue weighted by Gasteiger charge is 2.44. The van der Waals surface area contributed by atoms with Crippen molar-refractivity contribution in [1.82, 2.24) is 0 Å². The first-order valence-electron chi connectivity index (χ1n) is 6.17. The van der Waals surface area contributed by atoms with Crippen LogP contribution < -0.4 is 0 Å². The van der Waals surface area contributed by atoms with Crippen LogP contribution in [0.5, 0.6) is 0 Å². The topological polar surface area (TPSA) is 34.1 Å². The summed E-state index contributed by atoms with van der Waals surface area (Å²) in [6.07, 6.45) is 4.88. The summed E-state index contributed by atoms with van der Waals surface area (Å²) in [5, 5.41) is 0. The van der Waals surface area contributed by atoms with Crippen LogP contribution in [0.2, 0.25) is 0 Å². The van der Waals surface area contributed by atoms with Crippen LogP contribution in [0.4, 0.5) is 0 Å². The van der Waals surface area contributed by atoms with Gasteiger partial charge in [-0.3, -0.25) is 9.00 Å². The fourth-order valence-corrected chi connectivity index (χ4v) is 4.97. The van der Waals surface area contributed by atoms with Crippen LogP contribution in [0, 0.1) is 6.92 Å². The lowest BCUT2D eigenvalue weighted by Gasteiger charge is -2.33. The molecule has 4 heteroatoms. The molecule has 0 N–H and O–H groups in total. The molecular formula is C14H18O2S2. The number of Topliss-reactive ketones (excluding diaryl/α,β-unsaturated/α-hetero) is 1. The molecule has 1 aromatic rings. The molecule has 1 aliphatic rings. The summed E-state index contributed by atoms with van der Waals surface area (Å²) in [5.41, 5.74) is 1.20. The third-order valence-corrected chi connectivity index (χ3v) is 6.94. The molecule has 0 saturated heterocycles. The van der Waals surface area contributed by atoms with Crippen LogP contribution in [-0.4, -0.2) is 20.3 Å². The molecule has 1 aliphatic carbocycles. The van der Waals surface area contributed by atoms with E-state index in [1.165, 1.54) is 17.3 Å². The summed E-state index contributed by atoms with van der Waals surface area (Å²) < 4.78 is 11.4. The van der Waals surface area contributed by atoms with Gasteiger partial charge in [0.05, 0.1) is 0 Å². The second-order valence-corrected chi connectivity index (χ2v) is 7.99. The zero-order valence-electron chi connectivity index (χ0n) is 10.8. The number of aryl methyl sites for hydroxylation is 1. The molecule has 0 aliphatic heterocycles.